The Balaban J connectivity index is 1.34. The first kappa shape index (κ1) is 19.1. The molecule has 2 aromatic heterocycles. The predicted octanol–water partition coefficient (Wildman–Crippen LogP) is 1.43. The van der Waals surface area contributed by atoms with Crippen molar-refractivity contribution in [2.45, 2.75) is 50.1 Å². The van der Waals surface area contributed by atoms with Gasteiger partial charge in [0.05, 0.1) is 25.1 Å². The van der Waals surface area contributed by atoms with Gasteiger partial charge in [0.2, 0.25) is 11.9 Å². The van der Waals surface area contributed by atoms with Gasteiger partial charge in [0.25, 0.3) is 0 Å². The molecule has 0 spiro atoms. The molecule has 1 amide bonds. The Morgan fingerprint density at radius 3 is 2.97 bits per heavy atom. The Bertz CT molecular complexity index is 984. The molecule has 2 fully saturated rings. The third-order valence-electron chi connectivity index (χ3n) is 6.19. The van der Waals surface area contributed by atoms with E-state index >= 15 is 0 Å². The summed E-state index contributed by atoms with van der Waals surface area (Å²) in [4.78, 5) is 16.0. The summed E-state index contributed by atoms with van der Waals surface area (Å²) in [5.41, 5.74) is 6.35. The minimum Gasteiger partial charge on any atom is -0.378 e. The number of hydrogen-bond donors (Lipinski definition) is 2. The minimum absolute atomic E-state index is 0.0811. The van der Waals surface area contributed by atoms with Crippen molar-refractivity contribution < 1.29 is 9.53 Å². The minimum atomic E-state index is 0.0811. The van der Waals surface area contributed by atoms with E-state index in [1.165, 1.54) is 45.6 Å². The number of nitrogens with zero attached hydrogens (tertiary/aromatic N) is 5. The summed E-state index contributed by atoms with van der Waals surface area (Å²) in [6, 6.07) is 0. The van der Waals surface area contributed by atoms with Gasteiger partial charge >= 0.3 is 0 Å². The van der Waals surface area contributed by atoms with Crippen LogP contribution in [0.4, 0.5) is 5.95 Å². The smallest absolute Gasteiger partial charge is 0.249 e. The van der Waals surface area contributed by atoms with Gasteiger partial charge in [-0.2, -0.15) is 0 Å². The molecule has 9 nitrogen and oxygen atoms in total. The van der Waals surface area contributed by atoms with Crippen molar-refractivity contribution in [1.82, 2.24) is 30.4 Å². The fourth-order valence-electron chi connectivity index (χ4n) is 4.76. The van der Waals surface area contributed by atoms with E-state index in [0.29, 0.717) is 32.1 Å². The summed E-state index contributed by atoms with van der Waals surface area (Å²) in [5, 5.41) is 16.7. The van der Waals surface area contributed by atoms with E-state index in [-0.39, 0.29) is 18.2 Å². The number of hydrogen-bond acceptors (Lipinski definition) is 9. The van der Waals surface area contributed by atoms with E-state index in [9.17, 15) is 4.79 Å². The molecule has 2 atom stereocenters. The van der Waals surface area contributed by atoms with Crippen LogP contribution in [0.2, 0.25) is 0 Å². The van der Waals surface area contributed by atoms with Crippen LogP contribution >= 0.6 is 23.1 Å². The topological polar surface area (TPSA) is 87.5 Å². The molecule has 30 heavy (non-hydrogen) atoms. The van der Waals surface area contributed by atoms with Crippen LogP contribution in [-0.2, 0) is 22.4 Å². The summed E-state index contributed by atoms with van der Waals surface area (Å²) in [7, 11) is 0. The third kappa shape index (κ3) is 2.98. The average molecular weight is 448 g/mol. The zero-order chi connectivity index (χ0) is 20.2. The molecule has 0 bridgehead atoms. The predicted molar refractivity (Wildman–Crippen MR) is 115 cm³/mol. The molecule has 5 heterocycles. The monoisotopic (exact) mass is 447 g/mol. The number of anilines is 1. The molecule has 1 aliphatic carbocycles. The second-order valence-electron chi connectivity index (χ2n) is 8.12. The fraction of sp³-hybridized carbons (Fsp3) is 0.632. The van der Waals surface area contributed by atoms with Gasteiger partial charge in [-0.15, -0.1) is 21.5 Å². The molecule has 11 heteroatoms. The Labute approximate surface area is 183 Å². The quantitative estimate of drug-likeness (QED) is 0.684. The van der Waals surface area contributed by atoms with Gasteiger partial charge in [0.15, 0.2) is 5.16 Å². The highest BCUT2D eigenvalue weighted by atomic mass is 32.2. The number of fused-ring (bicyclic) bond motifs is 8. The summed E-state index contributed by atoms with van der Waals surface area (Å²) in [6.45, 7) is 4.69. The molecule has 2 N–H and O–H groups in total. The molecular formula is C19H25N7O2S2. The van der Waals surface area contributed by atoms with Crippen LogP contribution in [0.1, 0.15) is 41.9 Å². The molecule has 2 unspecified atom stereocenters. The SMILES string of the molecule is CC1NC2c3c(sc4c3CCCC4)-n3c(SCC(=O)N4CCOCC4)nnc3N2N1. The van der Waals surface area contributed by atoms with Gasteiger partial charge in [-0.05, 0) is 38.2 Å². The number of thiophene rings is 1. The molecular weight excluding hydrogens is 422 g/mol. The Morgan fingerprint density at radius 2 is 2.10 bits per heavy atom. The molecule has 0 aromatic carbocycles. The van der Waals surface area contributed by atoms with E-state index in [0.717, 1.165) is 23.9 Å². The van der Waals surface area contributed by atoms with Crippen molar-refractivity contribution in [2.75, 3.05) is 37.1 Å². The number of morpholine rings is 1. The first-order valence-corrected chi connectivity index (χ1v) is 12.4. The number of thioether (sulfide) groups is 1. The molecule has 2 aromatic rings. The van der Waals surface area contributed by atoms with Crippen LogP contribution in [0.25, 0.3) is 5.00 Å². The van der Waals surface area contributed by atoms with Crippen molar-refractivity contribution in [3.05, 3.63) is 16.0 Å². The molecule has 4 aliphatic rings. The first-order chi connectivity index (χ1) is 14.7. The maximum Gasteiger partial charge on any atom is 0.249 e. The number of amides is 1. The number of hydrazine groups is 1. The molecule has 6 rings (SSSR count). The van der Waals surface area contributed by atoms with Crippen LogP contribution < -0.4 is 15.8 Å². The highest BCUT2D eigenvalue weighted by Crippen LogP contribution is 2.48. The zero-order valence-electron chi connectivity index (χ0n) is 16.9. The van der Waals surface area contributed by atoms with Crippen molar-refractivity contribution in [2.24, 2.45) is 0 Å². The number of rotatable bonds is 3. The van der Waals surface area contributed by atoms with Gasteiger partial charge < -0.3 is 9.64 Å². The maximum absolute atomic E-state index is 12.7. The number of aryl methyl sites for hydroxylation is 1. The lowest BCUT2D eigenvalue weighted by atomic mass is 9.94. The van der Waals surface area contributed by atoms with Crippen LogP contribution in [0, 0.1) is 0 Å². The second-order valence-corrected chi connectivity index (χ2v) is 10.1. The molecule has 0 saturated carbocycles. The largest absolute Gasteiger partial charge is 0.378 e. The maximum atomic E-state index is 12.7. The van der Waals surface area contributed by atoms with Gasteiger partial charge in [-0.1, -0.05) is 11.8 Å². The summed E-state index contributed by atoms with van der Waals surface area (Å²) >= 11 is 3.35. The van der Waals surface area contributed by atoms with E-state index in [1.807, 2.05) is 16.2 Å². The Kier molecular flexibility index (Phi) is 4.75. The zero-order valence-corrected chi connectivity index (χ0v) is 18.5. The molecule has 2 saturated heterocycles. The van der Waals surface area contributed by atoms with Crippen molar-refractivity contribution >= 4 is 35.0 Å². The Morgan fingerprint density at radius 1 is 1.27 bits per heavy atom. The standard InChI is InChI=1S/C19H25N7O2S2/c1-11-20-16-15-12-4-2-3-5-13(12)30-17(15)25-18(26(16)23-11)21-22-19(25)29-10-14(27)24-6-8-28-9-7-24/h11,16,20,23H,2-10H2,1H3. The van der Waals surface area contributed by atoms with Crippen LogP contribution in [-0.4, -0.2) is 63.8 Å². The van der Waals surface area contributed by atoms with Crippen molar-refractivity contribution in [1.29, 1.82) is 0 Å². The lowest BCUT2D eigenvalue weighted by molar-refractivity contribution is -0.132. The van der Waals surface area contributed by atoms with E-state index in [2.05, 4.69) is 37.4 Å². The van der Waals surface area contributed by atoms with E-state index in [1.54, 1.807) is 0 Å². The number of carbonyl (C=O) groups excluding carboxylic acids is 1. The summed E-state index contributed by atoms with van der Waals surface area (Å²) < 4.78 is 7.51. The van der Waals surface area contributed by atoms with E-state index < -0.39 is 0 Å². The van der Waals surface area contributed by atoms with Gasteiger partial charge in [-0.3, -0.25) is 15.1 Å². The summed E-state index contributed by atoms with van der Waals surface area (Å²) in [6.07, 6.45) is 5.03. The molecule has 3 aliphatic heterocycles. The fourth-order valence-corrected chi connectivity index (χ4v) is 7.07. The van der Waals surface area contributed by atoms with Crippen LogP contribution in [0.3, 0.4) is 0 Å². The second kappa shape index (κ2) is 7.49. The molecule has 0 radical (unpaired) electrons. The normalized spacial score (nSPS) is 25.0. The average Bonchev–Trinajstić information content (AvgIpc) is 3.46. The third-order valence-corrected chi connectivity index (χ3v) is 8.39. The van der Waals surface area contributed by atoms with Gasteiger partial charge in [0, 0.05) is 23.5 Å². The molecule has 160 valence electrons. The highest BCUT2D eigenvalue weighted by molar-refractivity contribution is 7.99. The highest BCUT2D eigenvalue weighted by Gasteiger charge is 2.43. The lowest BCUT2D eigenvalue weighted by Gasteiger charge is -2.31. The Hall–Kier alpha value is -1.66. The lowest BCUT2D eigenvalue weighted by Crippen LogP contribution is -2.41. The number of nitrogens with one attached hydrogen (secondary N) is 2. The number of aromatic nitrogens is 3. The van der Waals surface area contributed by atoms with Crippen molar-refractivity contribution in [3.8, 4) is 5.00 Å². The van der Waals surface area contributed by atoms with Gasteiger partial charge in [0.1, 0.15) is 11.2 Å². The van der Waals surface area contributed by atoms with Crippen molar-refractivity contribution in [3.63, 3.8) is 0 Å². The van der Waals surface area contributed by atoms with Crippen LogP contribution in [0.5, 0.6) is 0 Å². The van der Waals surface area contributed by atoms with E-state index in [4.69, 9.17) is 4.74 Å². The van der Waals surface area contributed by atoms with Gasteiger partial charge in [-0.25, -0.2) is 9.99 Å². The summed E-state index contributed by atoms with van der Waals surface area (Å²) in [5.74, 6) is 1.29. The number of carbonyl (C=O) groups is 1. The first-order valence-electron chi connectivity index (χ1n) is 10.6. The number of ether oxygens (including phenoxy) is 1. The van der Waals surface area contributed by atoms with Crippen LogP contribution in [0.15, 0.2) is 5.16 Å².